The number of anilines is 2. The molecular formula is C22H24BrFN6O2S. The Morgan fingerprint density at radius 2 is 1.91 bits per heavy atom. The molecule has 0 radical (unpaired) electrons. The number of hydrogen-bond acceptors (Lipinski definition) is 7. The summed E-state index contributed by atoms with van der Waals surface area (Å²) in [5.41, 5.74) is 6.32. The van der Waals surface area contributed by atoms with E-state index in [4.69, 9.17) is 5.73 Å². The number of rotatable bonds is 3. The first-order valence-electron chi connectivity index (χ1n) is 10.1. The Labute approximate surface area is 200 Å². The molecule has 174 valence electrons. The lowest BCUT2D eigenvalue weighted by Gasteiger charge is -2.29. The van der Waals surface area contributed by atoms with Crippen molar-refractivity contribution in [1.82, 2.24) is 14.3 Å². The monoisotopic (exact) mass is 534 g/mol. The molecule has 1 aliphatic heterocycles. The van der Waals surface area contributed by atoms with E-state index >= 15 is 4.39 Å². The summed E-state index contributed by atoms with van der Waals surface area (Å²) in [6, 6.07) is 8.26. The molecule has 8 nitrogen and oxygen atoms in total. The van der Waals surface area contributed by atoms with Crippen LogP contribution in [0.3, 0.4) is 0 Å². The third kappa shape index (κ3) is 3.98. The number of nitrogens with zero attached hydrogens (tertiary/aromatic N) is 4. The van der Waals surface area contributed by atoms with Gasteiger partial charge in [-0.05, 0) is 67.0 Å². The van der Waals surface area contributed by atoms with Crippen molar-refractivity contribution in [2.24, 2.45) is 10.7 Å². The second-order valence-electron chi connectivity index (χ2n) is 8.75. The molecule has 0 spiro atoms. The van der Waals surface area contributed by atoms with Crippen molar-refractivity contribution >= 4 is 54.2 Å². The van der Waals surface area contributed by atoms with Crippen LogP contribution in [0.5, 0.6) is 0 Å². The first-order valence-corrected chi connectivity index (χ1v) is 12.4. The number of fused-ring (bicyclic) bond motifs is 1. The molecule has 0 unspecified atom stereocenters. The fourth-order valence-corrected chi connectivity index (χ4v) is 5.76. The highest BCUT2D eigenvalue weighted by molar-refractivity contribution is 9.10. The van der Waals surface area contributed by atoms with E-state index in [-0.39, 0.29) is 17.9 Å². The molecule has 1 aromatic carbocycles. The number of aliphatic imine (C=N–C) groups is 1. The molecule has 0 saturated heterocycles. The average Bonchev–Trinajstić information content (AvgIpc) is 2.78. The van der Waals surface area contributed by atoms with Crippen LogP contribution in [-0.2, 0) is 15.6 Å². The zero-order chi connectivity index (χ0) is 24.2. The summed E-state index contributed by atoms with van der Waals surface area (Å²) < 4.78 is 41.6. The van der Waals surface area contributed by atoms with Gasteiger partial charge in [-0.25, -0.2) is 22.1 Å². The van der Waals surface area contributed by atoms with Crippen LogP contribution < -0.4 is 11.1 Å². The molecule has 33 heavy (non-hydrogen) atoms. The minimum absolute atomic E-state index is 0.0675. The van der Waals surface area contributed by atoms with Crippen molar-refractivity contribution in [3.63, 3.8) is 0 Å². The maximum atomic E-state index is 15.1. The summed E-state index contributed by atoms with van der Waals surface area (Å²) >= 11 is 3.41. The number of pyridine rings is 2. The molecule has 2 aromatic heterocycles. The minimum atomic E-state index is -3.79. The fraction of sp³-hybridized carbons (Fsp3) is 0.318. The minimum Gasteiger partial charge on any atom is -0.386 e. The van der Waals surface area contributed by atoms with Crippen LogP contribution >= 0.6 is 15.9 Å². The molecule has 3 heterocycles. The number of nitrogens with two attached hydrogens (primary N) is 1. The summed E-state index contributed by atoms with van der Waals surface area (Å²) in [5, 5.41) is 4.07. The Kier molecular flexibility index (Phi) is 5.70. The molecule has 1 aliphatic rings. The molecule has 0 fully saturated rings. The lowest BCUT2D eigenvalue weighted by molar-refractivity contribution is 0.355. The molecule has 11 heteroatoms. The highest BCUT2D eigenvalue weighted by atomic mass is 79.9. The fourth-order valence-electron chi connectivity index (χ4n) is 3.90. The SMILES string of the molecule is CN1C[C@@](C)(c2cc(Nc3nccc4cc(Br)cnc34)ccc2F)N=C(N)C(C)(C)S1(=O)=O. The van der Waals surface area contributed by atoms with Crippen LogP contribution in [0.15, 0.2) is 52.2 Å². The van der Waals surface area contributed by atoms with Crippen molar-refractivity contribution < 1.29 is 12.8 Å². The number of benzene rings is 1. The van der Waals surface area contributed by atoms with E-state index in [9.17, 15) is 8.42 Å². The number of halogens is 2. The number of likely N-dealkylation sites (N-methyl/N-ethyl adjacent to an activating group) is 1. The van der Waals surface area contributed by atoms with Gasteiger partial charge < -0.3 is 11.1 Å². The van der Waals surface area contributed by atoms with Crippen LogP contribution in [0.4, 0.5) is 15.9 Å². The average molecular weight is 535 g/mol. The van der Waals surface area contributed by atoms with Gasteiger partial charge in [0.05, 0.1) is 0 Å². The van der Waals surface area contributed by atoms with Crippen molar-refractivity contribution in [3.05, 3.63) is 58.6 Å². The van der Waals surface area contributed by atoms with Crippen molar-refractivity contribution in [2.45, 2.75) is 31.1 Å². The van der Waals surface area contributed by atoms with Crippen LogP contribution in [-0.4, -0.2) is 46.9 Å². The van der Waals surface area contributed by atoms with E-state index in [0.717, 1.165) is 9.86 Å². The highest BCUT2D eigenvalue weighted by Crippen LogP contribution is 2.37. The molecule has 0 aliphatic carbocycles. The van der Waals surface area contributed by atoms with Crippen LogP contribution in [0.1, 0.15) is 26.3 Å². The molecule has 3 N–H and O–H groups in total. The number of amidine groups is 1. The molecule has 0 saturated carbocycles. The smallest absolute Gasteiger partial charge is 0.226 e. The van der Waals surface area contributed by atoms with Gasteiger partial charge >= 0.3 is 0 Å². The van der Waals surface area contributed by atoms with Gasteiger partial charge in [0, 0.05) is 47.1 Å². The van der Waals surface area contributed by atoms with E-state index < -0.39 is 26.1 Å². The molecule has 3 aromatic rings. The zero-order valence-corrected chi connectivity index (χ0v) is 21.0. The van der Waals surface area contributed by atoms with Crippen LogP contribution in [0, 0.1) is 5.82 Å². The Morgan fingerprint density at radius 1 is 1.18 bits per heavy atom. The Balaban J connectivity index is 1.79. The second kappa shape index (κ2) is 8.00. The van der Waals surface area contributed by atoms with E-state index in [1.807, 2.05) is 12.1 Å². The highest BCUT2D eigenvalue weighted by Gasteiger charge is 2.48. The summed E-state index contributed by atoms with van der Waals surface area (Å²) in [4.78, 5) is 13.3. The second-order valence-corrected chi connectivity index (χ2v) is 12.3. The Hall–Kier alpha value is -2.63. The van der Waals surface area contributed by atoms with Crippen molar-refractivity contribution in [3.8, 4) is 0 Å². The van der Waals surface area contributed by atoms with E-state index in [2.05, 4.69) is 36.2 Å². The maximum absolute atomic E-state index is 15.1. The van der Waals surface area contributed by atoms with Gasteiger partial charge in [0.15, 0.2) is 5.82 Å². The van der Waals surface area contributed by atoms with Crippen molar-refractivity contribution in [2.75, 3.05) is 18.9 Å². The third-order valence-electron chi connectivity index (χ3n) is 5.94. The first kappa shape index (κ1) is 23.5. The summed E-state index contributed by atoms with van der Waals surface area (Å²) in [6.45, 7) is 4.59. The van der Waals surface area contributed by atoms with Crippen LogP contribution in [0.2, 0.25) is 0 Å². The lowest BCUT2D eigenvalue weighted by atomic mass is 9.91. The van der Waals surface area contributed by atoms with Gasteiger partial charge in [-0.3, -0.25) is 9.98 Å². The molecule has 0 bridgehead atoms. The molecule has 0 amide bonds. The zero-order valence-electron chi connectivity index (χ0n) is 18.6. The quantitative estimate of drug-likeness (QED) is 0.526. The number of sulfonamides is 1. The molecule has 1 atom stereocenters. The van der Waals surface area contributed by atoms with E-state index in [1.54, 1.807) is 31.5 Å². The molecule has 4 rings (SSSR count). The lowest BCUT2D eigenvalue weighted by Crippen LogP contribution is -2.50. The molecular weight excluding hydrogens is 511 g/mol. The number of aromatic nitrogens is 2. The van der Waals surface area contributed by atoms with E-state index in [1.165, 1.54) is 31.3 Å². The Morgan fingerprint density at radius 3 is 2.64 bits per heavy atom. The van der Waals surface area contributed by atoms with Gasteiger partial charge in [-0.15, -0.1) is 0 Å². The maximum Gasteiger partial charge on any atom is 0.226 e. The summed E-state index contributed by atoms with van der Waals surface area (Å²) in [7, 11) is -2.33. The van der Waals surface area contributed by atoms with Crippen LogP contribution in [0.25, 0.3) is 10.9 Å². The van der Waals surface area contributed by atoms with Gasteiger partial charge in [0.1, 0.15) is 27.5 Å². The number of nitrogens with one attached hydrogen (secondary N) is 1. The predicted octanol–water partition coefficient (Wildman–Crippen LogP) is 3.90. The summed E-state index contributed by atoms with van der Waals surface area (Å²) in [6.07, 6.45) is 3.33. The van der Waals surface area contributed by atoms with Gasteiger partial charge in [-0.1, -0.05) is 0 Å². The standard InChI is InChI=1S/C22H24BrFN6O2S/c1-21(2)20(25)29-22(3,12-30(4)33(21,31)32)16-10-15(5-6-17(16)24)28-19-18-13(7-8-26-19)9-14(23)11-27-18/h5-11H,12H2,1-4H3,(H2,25,29)(H,26,28)/t22-/m0/s1. The van der Waals surface area contributed by atoms with Crippen molar-refractivity contribution in [1.29, 1.82) is 0 Å². The first-order chi connectivity index (χ1) is 15.3. The van der Waals surface area contributed by atoms with Gasteiger partial charge in [0.25, 0.3) is 0 Å². The summed E-state index contributed by atoms with van der Waals surface area (Å²) in [5.74, 6) is -0.0805. The predicted molar refractivity (Wildman–Crippen MR) is 132 cm³/mol. The number of hydrogen-bond donors (Lipinski definition) is 2. The van der Waals surface area contributed by atoms with Gasteiger partial charge in [0.2, 0.25) is 10.0 Å². The van der Waals surface area contributed by atoms with Gasteiger partial charge in [-0.2, -0.15) is 0 Å². The van der Waals surface area contributed by atoms with E-state index in [0.29, 0.717) is 17.0 Å². The Bertz CT molecular complexity index is 1390. The third-order valence-corrected chi connectivity index (χ3v) is 8.83. The topological polar surface area (TPSA) is 114 Å². The normalized spacial score (nSPS) is 22.5. The largest absolute Gasteiger partial charge is 0.386 e.